The number of nitrogens with zero attached hydrogens (tertiary/aromatic N) is 4. The van der Waals surface area contributed by atoms with Gasteiger partial charge in [-0.25, -0.2) is 8.78 Å². The molecular weight excluding hydrogens is 397 g/mol. The molecule has 0 bridgehead atoms. The molecule has 6 nitrogen and oxygen atoms in total. The smallest absolute Gasteiger partial charge is 0.408 e. The first-order valence-electron chi connectivity index (χ1n) is 7.39. The van der Waals surface area contributed by atoms with Crippen molar-refractivity contribution < 1.29 is 26.7 Å². The number of benzene rings is 1. The zero-order valence-electron chi connectivity index (χ0n) is 13.8. The van der Waals surface area contributed by atoms with Gasteiger partial charge in [0.25, 0.3) is 5.78 Å². The van der Waals surface area contributed by atoms with Gasteiger partial charge >= 0.3 is 6.18 Å². The molecule has 2 heterocycles. The van der Waals surface area contributed by atoms with Gasteiger partial charge in [0, 0.05) is 12.1 Å². The number of halogens is 6. The van der Waals surface area contributed by atoms with Crippen molar-refractivity contribution in [3.8, 4) is 16.9 Å². The van der Waals surface area contributed by atoms with Crippen molar-refractivity contribution >= 4 is 23.2 Å². The van der Waals surface area contributed by atoms with E-state index in [1.165, 1.54) is 7.11 Å². The number of nitrogens with one attached hydrogen (secondary N) is 1. The topological polar surface area (TPSA) is 64.3 Å². The predicted octanol–water partition coefficient (Wildman–Crippen LogP) is 4.09. The molecule has 0 aliphatic carbocycles. The number of methoxy groups -OCH3 is 1. The summed E-state index contributed by atoms with van der Waals surface area (Å²) in [5.74, 6) is -2.86. The summed E-state index contributed by atoms with van der Waals surface area (Å²) in [5.41, 5.74) is -1.11. The van der Waals surface area contributed by atoms with E-state index in [1.807, 2.05) is 0 Å². The van der Waals surface area contributed by atoms with E-state index in [-0.39, 0.29) is 11.5 Å². The van der Waals surface area contributed by atoms with Gasteiger partial charge in [0.1, 0.15) is 40.7 Å². The Morgan fingerprint density at radius 3 is 2.37 bits per heavy atom. The maximum absolute atomic E-state index is 14.5. The Morgan fingerprint density at radius 2 is 1.81 bits per heavy atom. The number of aromatic nitrogens is 4. The summed E-state index contributed by atoms with van der Waals surface area (Å²) in [7, 11) is 1.21. The van der Waals surface area contributed by atoms with Gasteiger partial charge in [0.05, 0.1) is 18.2 Å². The van der Waals surface area contributed by atoms with Crippen LogP contribution in [-0.2, 0) is 0 Å². The van der Waals surface area contributed by atoms with Crippen molar-refractivity contribution in [1.29, 1.82) is 0 Å². The largest absolute Gasteiger partial charge is 0.497 e. The summed E-state index contributed by atoms with van der Waals surface area (Å²) in [6.07, 6.45) is -3.62. The Hall–Kier alpha value is -2.69. The molecule has 0 saturated heterocycles. The highest BCUT2D eigenvalue weighted by Gasteiger charge is 2.37. The van der Waals surface area contributed by atoms with Crippen LogP contribution in [0.5, 0.6) is 5.75 Å². The molecule has 0 radical (unpaired) electrons. The van der Waals surface area contributed by atoms with E-state index in [4.69, 9.17) is 16.3 Å². The fraction of sp³-hybridized carbons (Fsp3) is 0.267. The molecule has 0 aliphatic heterocycles. The first kappa shape index (κ1) is 19.1. The van der Waals surface area contributed by atoms with Crippen LogP contribution in [0.25, 0.3) is 16.9 Å². The van der Waals surface area contributed by atoms with Crippen molar-refractivity contribution in [2.24, 2.45) is 0 Å². The van der Waals surface area contributed by atoms with Gasteiger partial charge in [-0.05, 0) is 6.92 Å². The van der Waals surface area contributed by atoms with Gasteiger partial charge < -0.3 is 10.1 Å². The maximum atomic E-state index is 14.5. The average molecular weight is 408 g/mol. The molecule has 0 unspecified atom stereocenters. The average Bonchev–Trinajstić information content (AvgIpc) is 3.03. The molecule has 0 aliphatic rings. The van der Waals surface area contributed by atoms with Crippen molar-refractivity contribution in [3.05, 3.63) is 35.2 Å². The fourth-order valence-corrected chi connectivity index (χ4v) is 2.62. The Kier molecular flexibility index (Phi) is 4.81. The normalized spacial score (nSPS) is 13.0. The Balaban J connectivity index is 2.30. The molecule has 0 amide bonds. The Morgan fingerprint density at radius 1 is 1.19 bits per heavy atom. The van der Waals surface area contributed by atoms with E-state index < -0.39 is 46.0 Å². The molecule has 3 rings (SSSR count). The number of alkyl halides is 3. The second kappa shape index (κ2) is 6.80. The summed E-state index contributed by atoms with van der Waals surface area (Å²) < 4.78 is 73.8. The third kappa shape index (κ3) is 3.46. The SMILES string of the molecule is COc1cc(F)c(-c2c(Cl)nc3ncnn3c2N[C@@H](C)C(F)(F)F)c(F)c1. The van der Waals surface area contributed by atoms with Crippen molar-refractivity contribution in [2.45, 2.75) is 19.1 Å². The Bertz CT molecular complexity index is 983. The monoisotopic (exact) mass is 407 g/mol. The number of hydrogen-bond donors (Lipinski definition) is 1. The van der Waals surface area contributed by atoms with Crippen molar-refractivity contribution in [2.75, 3.05) is 12.4 Å². The third-order valence-corrected chi connectivity index (χ3v) is 4.00. The summed E-state index contributed by atoms with van der Waals surface area (Å²) >= 11 is 6.04. The van der Waals surface area contributed by atoms with Crippen LogP contribution < -0.4 is 10.1 Å². The summed E-state index contributed by atoms with van der Waals surface area (Å²) in [6, 6.07) is -0.333. The lowest BCUT2D eigenvalue weighted by atomic mass is 10.1. The van der Waals surface area contributed by atoms with Crippen LogP contribution in [-0.4, -0.2) is 38.9 Å². The summed E-state index contributed by atoms with van der Waals surface area (Å²) in [6.45, 7) is 0.835. The van der Waals surface area contributed by atoms with Crippen LogP contribution in [0.3, 0.4) is 0 Å². The second-order valence-electron chi connectivity index (χ2n) is 5.47. The highest BCUT2D eigenvalue weighted by molar-refractivity contribution is 6.33. The number of rotatable bonds is 4. The lowest BCUT2D eigenvalue weighted by molar-refractivity contribution is -0.138. The molecule has 0 spiro atoms. The van der Waals surface area contributed by atoms with Crippen molar-refractivity contribution in [1.82, 2.24) is 19.6 Å². The lowest BCUT2D eigenvalue weighted by Crippen LogP contribution is -2.34. The zero-order valence-corrected chi connectivity index (χ0v) is 14.5. The molecule has 2 aromatic heterocycles. The van der Waals surface area contributed by atoms with Crippen LogP contribution in [0.2, 0.25) is 5.15 Å². The minimum Gasteiger partial charge on any atom is -0.497 e. The summed E-state index contributed by atoms with van der Waals surface area (Å²) in [5, 5.41) is 5.46. The minimum absolute atomic E-state index is 0.113. The van der Waals surface area contributed by atoms with E-state index in [9.17, 15) is 22.0 Å². The number of fused-ring (bicyclic) bond motifs is 1. The second-order valence-corrected chi connectivity index (χ2v) is 5.83. The predicted molar refractivity (Wildman–Crippen MR) is 86.8 cm³/mol. The van der Waals surface area contributed by atoms with Crippen LogP contribution >= 0.6 is 11.6 Å². The molecule has 144 valence electrons. The van der Waals surface area contributed by atoms with E-state index in [0.717, 1.165) is 29.9 Å². The van der Waals surface area contributed by atoms with Crippen LogP contribution in [0.4, 0.5) is 27.8 Å². The van der Waals surface area contributed by atoms with Gasteiger partial charge in [-0.2, -0.15) is 32.8 Å². The maximum Gasteiger partial charge on any atom is 0.408 e. The Labute approximate surface area is 153 Å². The molecule has 12 heteroatoms. The third-order valence-electron chi connectivity index (χ3n) is 3.73. The molecule has 1 N–H and O–H groups in total. The van der Waals surface area contributed by atoms with E-state index in [1.54, 1.807) is 0 Å². The summed E-state index contributed by atoms with van der Waals surface area (Å²) in [4.78, 5) is 7.58. The minimum atomic E-state index is -4.64. The highest BCUT2D eigenvalue weighted by atomic mass is 35.5. The van der Waals surface area contributed by atoms with Gasteiger partial charge in [-0.15, -0.1) is 0 Å². The first-order valence-corrected chi connectivity index (χ1v) is 7.77. The molecule has 1 atom stereocenters. The quantitative estimate of drug-likeness (QED) is 0.521. The highest BCUT2D eigenvalue weighted by Crippen LogP contribution is 2.39. The van der Waals surface area contributed by atoms with E-state index >= 15 is 0 Å². The molecule has 0 fully saturated rings. The van der Waals surface area contributed by atoms with Crippen LogP contribution in [0, 0.1) is 11.6 Å². The van der Waals surface area contributed by atoms with Crippen molar-refractivity contribution in [3.63, 3.8) is 0 Å². The molecule has 3 aromatic rings. The van der Waals surface area contributed by atoms with E-state index in [0.29, 0.717) is 0 Å². The fourth-order valence-electron chi connectivity index (χ4n) is 2.37. The van der Waals surface area contributed by atoms with Gasteiger partial charge in [0.2, 0.25) is 0 Å². The van der Waals surface area contributed by atoms with Gasteiger partial charge in [-0.1, -0.05) is 11.6 Å². The van der Waals surface area contributed by atoms with Gasteiger partial charge in [-0.3, -0.25) is 0 Å². The van der Waals surface area contributed by atoms with E-state index in [2.05, 4.69) is 20.4 Å². The van der Waals surface area contributed by atoms with Crippen LogP contribution in [0.1, 0.15) is 6.92 Å². The molecular formula is C15H11ClF5N5O. The number of ether oxygens (including phenoxy) is 1. The number of hydrogen-bond acceptors (Lipinski definition) is 5. The molecule has 27 heavy (non-hydrogen) atoms. The molecule has 1 aromatic carbocycles. The lowest BCUT2D eigenvalue weighted by Gasteiger charge is -2.21. The van der Waals surface area contributed by atoms with Gasteiger partial charge in [0.15, 0.2) is 0 Å². The first-order chi connectivity index (χ1) is 12.6. The van der Waals surface area contributed by atoms with Crippen LogP contribution in [0.15, 0.2) is 18.5 Å². The number of anilines is 1. The zero-order chi connectivity index (χ0) is 19.9. The molecule has 0 saturated carbocycles. The standard InChI is InChI=1S/C15H11ClF5N5O/c1-6(15(19,20)21)24-13-11(12(16)25-14-22-5-23-26(13)14)10-8(17)3-7(27-2)4-9(10)18/h3-6,24H,1-2H3/t6-/m0/s1.